The van der Waals surface area contributed by atoms with E-state index in [0.717, 1.165) is 0 Å². The molecule has 0 radical (unpaired) electrons. The zero-order valence-electron chi connectivity index (χ0n) is 12.1. The summed E-state index contributed by atoms with van der Waals surface area (Å²) in [5, 5.41) is 0. The van der Waals surface area contributed by atoms with E-state index in [4.69, 9.17) is 20.9 Å². The Morgan fingerprint density at radius 3 is 2.20 bits per heavy atom. The quantitative estimate of drug-likeness (QED) is 0.865. The Morgan fingerprint density at radius 1 is 1.10 bits per heavy atom. The fourth-order valence-electron chi connectivity index (χ4n) is 2.65. The number of rotatable bonds is 5. The zero-order valence-corrected chi connectivity index (χ0v) is 12.1. The summed E-state index contributed by atoms with van der Waals surface area (Å²) in [7, 11) is 0. The highest BCUT2D eigenvalue weighted by molar-refractivity contribution is 5.45. The van der Waals surface area contributed by atoms with Gasteiger partial charge in [-0.05, 0) is 42.5 Å². The minimum atomic E-state index is -0.263. The molecular formula is C15H23FN2O2. The number of fused-ring (bicyclic) bond motifs is 1. The maximum absolute atomic E-state index is 14.3. The summed E-state index contributed by atoms with van der Waals surface area (Å²) in [5.41, 5.74) is 12.1. The van der Waals surface area contributed by atoms with E-state index in [-0.39, 0.29) is 23.6 Å². The second-order valence-corrected chi connectivity index (χ2v) is 5.40. The topological polar surface area (TPSA) is 70.5 Å². The Bertz CT molecular complexity index is 463. The van der Waals surface area contributed by atoms with Crippen LogP contribution >= 0.6 is 0 Å². The lowest BCUT2D eigenvalue weighted by Crippen LogP contribution is -2.31. The van der Waals surface area contributed by atoms with Gasteiger partial charge in [-0.2, -0.15) is 0 Å². The molecule has 1 aromatic carbocycles. The number of halogens is 1. The van der Waals surface area contributed by atoms with Crippen LogP contribution in [0.2, 0.25) is 0 Å². The number of hydrogen-bond acceptors (Lipinski definition) is 4. The molecule has 0 spiro atoms. The zero-order chi connectivity index (χ0) is 14.7. The molecule has 1 aliphatic heterocycles. The molecule has 4 nitrogen and oxygen atoms in total. The smallest absolute Gasteiger partial charge is 0.164 e. The average molecular weight is 282 g/mol. The van der Waals surface area contributed by atoms with Crippen LogP contribution < -0.4 is 20.9 Å². The van der Waals surface area contributed by atoms with Gasteiger partial charge in [-0.1, -0.05) is 13.8 Å². The van der Waals surface area contributed by atoms with Gasteiger partial charge < -0.3 is 20.9 Å². The van der Waals surface area contributed by atoms with Gasteiger partial charge in [0.1, 0.15) is 19.0 Å². The highest BCUT2D eigenvalue weighted by Crippen LogP contribution is 2.38. The van der Waals surface area contributed by atoms with E-state index in [1.807, 2.05) is 6.92 Å². The maximum Gasteiger partial charge on any atom is 0.164 e. The molecule has 0 saturated carbocycles. The van der Waals surface area contributed by atoms with Crippen molar-refractivity contribution in [3.8, 4) is 11.5 Å². The van der Waals surface area contributed by atoms with E-state index in [1.165, 1.54) is 6.07 Å². The predicted molar refractivity (Wildman–Crippen MR) is 76.6 cm³/mol. The maximum atomic E-state index is 14.3. The van der Waals surface area contributed by atoms with Gasteiger partial charge in [0, 0.05) is 6.07 Å². The Kier molecular flexibility index (Phi) is 4.83. The molecule has 0 fully saturated rings. The molecule has 0 aliphatic carbocycles. The van der Waals surface area contributed by atoms with Crippen LogP contribution in [0.5, 0.6) is 11.5 Å². The van der Waals surface area contributed by atoms with Gasteiger partial charge in [0.05, 0.1) is 0 Å². The lowest BCUT2D eigenvalue weighted by Gasteiger charge is -2.28. The number of ether oxygens (including phenoxy) is 2. The fourth-order valence-corrected chi connectivity index (χ4v) is 2.65. The van der Waals surface area contributed by atoms with Gasteiger partial charge in [-0.25, -0.2) is 4.39 Å². The van der Waals surface area contributed by atoms with Gasteiger partial charge in [0.2, 0.25) is 0 Å². The predicted octanol–water partition coefficient (Wildman–Crippen LogP) is 1.87. The van der Waals surface area contributed by atoms with Crippen LogP contribution in [-0.2, 0) is 0 Å². The van der Waals surface area contributed by atoms with Crippen molar-refractivity contribution in [3.05, 3.63) is 23.5 Å². The Hall–Kier alpha value is -1.33. The van der Waals surface area contributed by atoms with Crippen LogP contribution in [-0.4, -0.2) is 26.3 Å². The van der Waals surface area contributed by atoms with Crippen LogP contribution in [0.15, 0.2) is 12.1 Å². The molecule has 2 unspecified atom stereocenters. The first-order valence-electron chi connectivity index (χ1n) is 7.07. The van der Waals surface area contributed by atoms with Crippen molar-refractivity contribution in [1.82, 2.24) is 0 Å². The Morgan fingerprint density at radius 2 is 1.65 bits per heavy atom. The molecule has 0 amide bonds. The van der Waals surface area contributed by atoms with Crippen molar-refractivity contribution in [2.45, 2.75) is 19.8 Å². The number of nitrogens with two attached hydrogens (primary N) is 2. The van der Waals surface area contributed by atoms with Crippen molar-refractivity contribution < 1.29 is 13.9 Å². The first-order chi connectivity index (χ1) is 9.58. The number of hydrogen-bond donors (Lipinski definition) is 2. The molecule has 20 heavy (non-hydrogen) atoms. The third-order valence-electron chi connectivity index (χ3n) is 4.29. The van der Waals surface area contributed by atoms with Crippen LogP contribution in [0.4, 0.5) is 4.39 Å². The second kappa shape index (κ2) is 6.41. The summed E-state index contributed by atoms with van der Waals surface area (Å²) >= 11 is 0. The summed E-state index contributed by atoms with van der Waals surface area (Å²) in [6, 6.07) is 3.15. The van der Waals surface area contributed by atoms with E-state index in [0.29, 0.717) is 43.4 Å². The summed E-state index contributed by atoms with van der Waals surface area (Å²) < 4.78 is 25.2. The lowest BCUT2D eigenvalue weighted by atomic mass is 9.80. The lowest BCUT2D eigenvalue weighted by molar-refractivity contribution is 0.170. The van der Waals surface area contributed by atoms with Gasteiger partial charge in [-0.3, -0.25) is 0 Å². The minimum absolute atomic E-state index is 0.0166. The van der Waals surface area contributed by atoms with Crippen molar-refractivity contribution in [2.75, 3.05) is 26.3 Å². The molecule has 112 valence electrons. The van der Waals surface area contributed by atoms with Crippen LogP contribution in [0.3, 0.4) is 0 Å². The van der Waals surface area contributed by atoms with E-state index < -0.39 is 0 Å². The Labute approximate surface area is 119 Å². The van der Waals surface area contributed by atoms with Gasteiger partial charge in [0.25, 0.3) is 0 Å². The van der Waals surface area contributed by atoms with Gasteiger partial charge in [-0.15, -0.1) is 0 Å². The third kappa shape index (κ3) is 2.88. The molecule has 5 heteroatoms. The Balaban J connectivity index is 2.27. The molecule has 0 saturated heterocycles. The highest BCUT2D eigenvalue weighted by atomic mass is 19.1. The molecule has 4 N–H and O–H groups in total. The van der Waals surface area contributed by atoms with E-state index in [2.05, 4.69) is 6.92 Å². The molecule has 1 aromatic rings. The molecule has 0 aromatic heterocycles. The largest absolute Gasteiger partial charge is 0.486 e. The van der Waals surface area contributed by atoms with E-state index in [1.54, 1.807) is 6.07 Å². The van der Waals surface area contributed by atoms with Crippen LogP contribution in [0, 0.1) is 17.7 Å². The number of benzene rings is 1. The second-order valence-electron chi connectivity index (χ2n) is 5.40. The molecule has 2 atom stereocenters. The van der Waals surface area contributed by atoms with Crippen molar-refractivity contribution in [3.63, 3.8) is 0 Å². The third-order valence-corrected chi connectivity index (χ3v) is 4.29. The molecular weight excluding hydrogens is 259 g/mol. The standard InChI is InChI=1S/C15H23FN2O2/c1-9(11(7-17)8-18)10(2)12-5-14-15(6-13(12)16)20-4-3-19-14/h5-6,9-11H,3-4,7-8,17-18H2,1-2H3. The molecule has 1 heterocycles. The van der Waals surface area contributed by atoms with Crippen LogP contribution in [0.25, 0.3) is 0 Å². The van der Waals surface area contributed by atoms with Crippen molar-refractivity contribution in [1.29, 1.82) is 0 Å². The van der Waals surface area contributed by atoms with Crippen molar-refractivity contribution in [2.24, 2.45) is 23.3 Å². The van der Waals surface area contributed by atoms with E-state index in [9.17, 15) is 4.39 Å². The van der Waals surface area contributed by atoms with Crippen LogP contribution in [0.1, 0.15) is 25.3 Å². The molecule has 0 bridgehead atoms. The first-order valence-corrected chi connectivity index (χ1v) is 7.07. The summed E-state index contributed by atoms with van der Waals surface area (Å²) in [4.78, 5) is 0. The minimum Gasteiger partial charge on any atom is -0.486 e. The fraction of sp³-hybridized carbons (Fsp3) is 0.600. The monoisotopic (exact) mass is 282 g/mol. The first kappa shape index (κ1) is 15.1. The van der Waals surface area contributed by atoms with Crippen molar-refractivity contribution >= 4 is 0 Å². The summed E-state index contributed by atoms with van der Waals surface area (Å²) in [5.74, 6) is 1.22. The normalized spacial score (nSPS) is 17.1. The van der Waals surface area contributed by atoms with Gasteiger partial charge in [0.15, 0.2) is 11.5 Å². The molecule has 2 rings (SSSR count). The van der Waals surface area contributed by atoms with E-state index >= 15 is 0 Å². The summed E-state index contributed by atoms with van der Waals surface area (Å²) in [6.45, 7) is 6.03. The SMILES string of the molecule is CC(c1cc2c(cc1F)OCCO2)C(C)C(CN)CN. The molecule has 1 aliphatic rings. The summed E-state index contributed by atoms with van der Waals surface area (Å²) in [6.07, 6.45) is 0. The highest BCUT2D eigenvalue weighted by Gasteiger charge is 2.26. The average Bonchev–Trinajstić information content (AvgIpc) is 2.47. The van der Waals surface area contributed by atoms with Gasteiger partial charge >= 0.3 is 0 Å².